The van der Waals surface area contributed by atoms with E-state index in [9.17, 15) is 4.79 Å². The molecule has 0 aliphatic carbocycles. The van der Waals surface area contributed by atoms with Gasteiger partial charge < -0.3 is 9.63 Å². The molecule has 20 heavy (non-hydrogen) atoms. The Hall–Kier alpha value is -1.73. The molecule has 0 aliphatic heterocycles. The van der Waals surface area contributed by atoms with Crippen LogP contribution < -0.4 is 0 Å². The maximum atomic E-state index is 10.7. The quantitative estimate of drug-likeness (QED) is 0.845. The molecule has 2 aromatic heterocycles. The van der Waals surface area contributed by atoms with E-state index >= 15 is 0 Å². The maximum absolute atomic E-state index is 10.7. The van der Waals surface area contributed by atoms with Gasteiger partial charge in [0.1, 0.15) is 0 Å². The zero-order valence-corrected chi connectivity index (χ0v) is 12.3. The summed E-state index contributed by atoms with van der Waals surface area (Å²) >= 11 is 1.54. The molecule has 108 valence electrons. The highest BCUT2D eigenvalue weighted by Crippen LogP contribution is 2.22. The second kappa shape index (κ2) is 6.62. The van der Waals surface area contributed by atoms with Crippen LogP contribution in [0.3, 0.4) is 0 Å². The van der Waals surface area contributed by atoms with Gasteiger partial charge in [0.05, 0.1) is 17.8 Å². The molecule has 0 spiro atoms. The van der Waals surface area contributed by atoms with E-state index in [2.05, 4.69) is 10.1 Å². The molecule has 0 bridgehead atoms. The monoisotopic (exact) mass is 295 g/mol. The first-order chi connectivity index (χ1) is 9.56. The van der Waals surface area contributed by atoms with E-state index in [1.165, 1.54) is 0 Å². The van der Waals surface area contributed by atoms with Crippen molar-refractivity contribution in [3.8, 4) is 10.8 Å². The van der Waals surface area contributed by atoms with Crippen LogP contribution in [0.2, 0.25) is 0 Å². The predicted octanol–water partition coefficient (Wildman–Crippen LogP) is 2.48. The van der Waals surface area contributed by atoms with E-state index < -0.39 is 5.97 Å². The number of carbonyl (C=O) groups is 1. The molecular weight excluding hydrogens is 278 g/mol. The molecule has 0 aromatic carbocycles. The lowest BCUT2D eigenvalue weighted by atomic mass is 10.3. The van der Waals surface area contributed by atoms with Gasteiger partial charge in [0.25, 0.3) is 5.89 Å². The van der Waals surface area contributed by atoms with Crippen molar-refractivity contribution in [3.05, 3.63) is 23.3 Å². The highest BCUT2D eigenvalue weighted by atomic mass is 32.1. The number of carboxylic acids is 1. The third-order valence-electron chi connectivity index (χ3n) is 2.89. The van der Waals surface area contributed by atoms with E-state index in [-0.39, 0.29) is 12.5 Å². The Kier molecular flexibility index (Phi) is 4.86. The topological polar surface area (TPSA) is 79.5 Å². The van der Waals surface area contributed by atoms with Crippen molar-refractivity contribution in [2.45, 2.75) is 32.9 Å². The van der Waals surface area contributed by atoms with Crippen LogP contribution in [0.1, 0.15) is 26.1 Å². The molecule has 0 atom stereocenters. The first-order valence-corrected chi connectivity index (χ1v) is 7.26. The zero-order chi connectivity index (χ0) is 14.5. The molecule has 7 heteroatoms. The van der Waals surface area contributed by atoms with Gasteiger partial charge in [-0.25, -0.2) is 0 Å². The number of hydrogen-bond acceptors (Lipinski definition) is 6. The molecule has 2 rings (SSSR count). The van der Waals surface area contributed by atoms with Gasteiger partial charge in [-0.2, -0.15) is 4.98 Å². The molecule has 2 heterocycles. The summed E-state index contributed by atoms with van der Waals surface area (Å²) in [5, 5.41) is 14.7. The van der Waals surface area contributed by atoms with Crippen LogP contribution in [0.5, 0.6) is 0 Å². The van der Waals surface area contributed by atoms with Crippen molar-refractivity contribution < 1.29 is 14.4 Å². The van der Waals surface area contributed by atoms with Crippen molar-refractivity contribution in [3.63, 3.8) is 0 Å². The minimum Gasteiger partial charge on any atom is -0.481 e. The molecule has 0 radical (unpaired) electrons. The predicted molar refractivity (Wildman–Crippen MR) is 75.4 cm³/mol. The van der Waals surface area contributed by atoms with Gasteiger partial charge in [-0.3, -0.25) is 9.69 Å². The SMILES string of the molecule is CC(C)N(CCC(=O)O)Cc1noc(-c2cccs2)n1. The largest absolute Gasteiger partial charge is 0.481 e. The van der Waals surface area contributed by atoms with Gasteiger partial charge >= 0.3 is 5.97 Å². The summed E-state index contributed by atoms with van der Waals surface area (Å²) in [6.45, 7) is 4.99. The second-order valence-electron chi connectivity index (χ2n) is 4.70. The fourth-order valence-electron chi connectivity index (χ4n) is 1.76. The Bertz CT molecular complexity index is 551. The van der Waals surface area contributed by atoms with E-state index in [0.29, 0.717) is 24.8 Å². The van der Waals surface area contributed by atoms with Crippen LogP contribution in [0.4, 0.5) is 0 Å². The third kappa shape index (κ3) is 3.88. The highest BCUT2D eigenvalue weighted by molar-refractivity contribution is 7.13. The van der Waals surface area contributed by atoms with Crippen LogP contribution in [0.25, 0.3) is 10.8 Å². The van der Waals surface area contributed by atoms with Crippen LogP contribution in [-0.2, 0) is 11.3 Å². The molecule has 0 saturated carbocycles. The van der Waals surface area contributed by atoms with Gasteiger partial charge in [0, 0.05) is 12.6 Å². The summed E-state index contributed by atoms with van der Waals surface area (Å²) in [6.07, 6.45) is 0.105. The summed E-state index contributed by atoms with van der Waals surface area (Å²) < 4.78 is 5.22. The van der Waals surface area contributed by atoms with E-state index in [1.807, 2.05) is 36.3 Å². The fraction of sp³-hybridized carbons (Fsp3) is 0.462. The fourth-order valence-corrected chi connectivity index (χ4v) is 2.40. The molecule has 0 amide bonds. The van der Waals surface area contributed by atoms with Gasteiger partial charge in [-0.05, 0) is 25.3 Å². The molecule has 0 unspecified atom stereocenters. The van der Waals surface area contributed by atoms with E-state index in [1.54, 1.807) is 11.3 Å². The molecule has 6 nitrogen and oxygen atoms in total. The maximum Gasteiger partial charge on any atom is 0.304 e. The minimum atomic E-state index is -0.803. The summed E-state index contributed by atoms with van der Waals surface area (Å²) in [5.74, 6) is 0.285. The standard InChI is InChI=1S/C13H17N3O3S/c1-9(2)16(6-5-12(17)18)8-11-14-13(19-15-11)10-4-3-7-20-10/h3-4,7,9H,5-6,8H2,1-2H3,(H,17,18). The van der Waals surface area contributed by atoms with E-state index in [4.69, 9.17) is 9.63 Å². The number of rotatable bonds is 7. The van der Waals surface area contributed by atoms with Gasteiger partial charge in [0.15, 0.2) is 5.82 Å². The third-order valence-corrected chi connectivity index (χ3v) is 3.75. The van der Waals surface area contributed by atoms with Crippen LogP contribution in [0.15, 0.2) is 22.0 Å². The Morgan fingerprint density at radius 1 is 1.55 bits per heavy atom. The Labute approximate surface area is 121 Å². The van der Waals surface area contributed by atoms with Crippen molar-refractivity contribution in [1.29, 1.82) is 0 Å². The number of aromatic nitrogens is 2. The lowest BCUT2D eigenvalue weighted by Crippen LogP contribution is -2.32. The van der Waals surface area contributed by atoms with Crippen molar-refractivity contribution >= 4 is 17.3 Å². The number of aliphatic carboxylic acids is 1. The average molecular weight is 295 g/mol. The molecule has 1 N–H and O–H groups in total. The smallest absolute Gasteiger partial charge is 0.304 e. The van der Waals surface area contributed by atoms with Gasteiger partial charge in [0.2, 0.25) is 0 Å². The first-order valence-electron chi connectivity index (χ1n) is 6.38. The van der Waals surface area contributed by atoms with Crippen LogP contribution >= 0.6 is 11.3 Å². The molecular formula is C13H17N3O3S. The van der Waals surface area contributed by atoms with Crippen molar-refractivity contribution in [2.24, 2.45) is 0 Å². The number of carboxylic acid groups (broad SMARTS) is 1. The molecule has 2 aromatic rings. The number of nitrogens with zero attached hydrogens (tertiary/aromatic N) is 3. The summed E-state index contributed by atoms with van der Waals surface area (Å²) in [4.78, 5) is 18.0. The summed E-state index contributed by atoms with van der Waals surface area (Å²) in [6, 6.07) is 4.07. The summed E-state index contributed by atoms with van der Waals surface area (Å²) in [5.41, 5.74) is 0. The molecule has 0 fully saturated rings. The molecule has 0 aliphatic rings. The van der Waals surface area contributed by atoms with Crippen LogP contribution in [0, 0.1) is 0 Å². The molecule has 0 saturated heterocycles. The average Bonchev–Trinajstić information content (AvgIpc) is 3.04. The second-order valence-corrected chi connectivity index (χ2v) is 5.65. The van der Waals surface area contributed by atoms with E-state index in [0.717, 1.165) is 4.88 Å². The Morgan fingerprint density at radius 2 is 2.35 bits per heavy atom. The first kappa shape index (κ1) is 14.7. The Morgan fingerprint density at radius 3 is 2.95 bits per heavy atom. The van der Waals surface area contributed by atoms with Gasteiger partial charge in [-0.1, -0.05) is 11.2 Å². The Balaban J connectivity index is 2.01. The zero-order valence-electron chi connectivity index (χ0n) is 11.4. The normalized spacial score (nSPS) is 11.4. The van der Waals surface area contributed by atoms with Crippen molar-refractivity contribution in [2.75, 3.05) is 6.54 Å². The number of hydrogen-bond donors (Lipinski definition) is 1. The van der Waals surface area contributed by atoms with Gasteiger partial charge in [-0.15, -0.1) is 11.3 Å². The lowest BCUT2D eigenvalue weighted by molar-refractivity contribution is -0.137. The summed E-state index contributed by atoms with van der Waals surface area (Å²) in [7, 11) is 0. The van der Waals surface area contributed by atoms with Crippen LogP contribution in [-0.4, -0.2) is 38.7 Å². The minimum absolute atomic E-state index is 0.105. The van der Waals surface area contributed by atoms with Crippen molar-refractivity contribution in [1.82, 2.24) is 15.0 Å². The lowest BCUT2D eigenvalue weighted by Gasteiger charge is -2.23. The number of thiophene rings is 1. The highest BCUT2D eigenvalue weighted by Gasteiger charge is 2.16.